The number of carbonyl (C=O) groups excluding carboxylic acids is 1. The van der Waals surface area contributed by atoms with E-state index in [9.17, 15) is 13.2 Å². The van der Waals surface area contributed by atoms with Gasteiger partial charge in [0.2, 0.25) is 15.9 Å². The summed E-state index contributed by atoms with van der Waals surface area (Å²) < 4.78 is 27.0. The predicted molar refractivity (Wildman–Crippen MR) is 107 cm³/mol. The molecule has 27 heavy (non-hydrogen) atoms. The molecule has 3 rings (SSSR count). The van der Waals surface area contributed by atoms with E-state index in [0.717, 1.165) is 25.9 Å². The predicted octanol–water partition coefficient (Wildman–Crippen LogP) is 3.04. The average molecular weight is 414 g/mol. The highest BCUT2D eigenvalue weighted by atomic mass is 35.5. The lowest BCUT2D eigenvalue weighted by atomic mass is 9.92. The largest absolute Gasteiger partial charge is 0.324 e. The normalized spacial score (nSPS) is 24.9. The molecule has 2 aliphatic heterocycles. The minimum Gasteiger partial charge on any atom is -0.324 e. The summed E-state index contributed by atoms with van der Waals surface area (Å²) in [5.74, 6) is 0.965. The molecular formula is C19H28ClN3O3S. The Bertz CT molecular complexity index is 783. The summed E-state index contributed by atoms with van der Waals surface area (Å²) >= 11 is 6.20. The first kappa shape index (κ1) is 20.6. The van der Waals surface area contributed by atoms with E-state index in [2.05, 4.69) is 24.1 Å². The maximum atomic E-state index is 12.7. The molecule has 6 nitrogen and oxygen atoms in total. The molecule has 0 aliphatic carbocycles. The third kappa shape index (κ3) is 5.02. The molecule has 0 aromatic heterocycles. The Kier molecular flexibility index (Phi) is 6.46. The number of nitrogens with zero attached hydrogens (tertiary/aromatic N) is 2. The summed E-state index contributed by atoms with van der Waals surface area (Å²) in [4.78, 5) is 14.8. The van der Waals surface area contributed by atoms with Crippen LogP contribution in [0, 0.1) is 11.8 Å². The standard InChI is InChI=1S/C19H28ClN3O3S/c1-14-9-15(2)12-22(11-14)13-19(24)21-18-10-16(5-6-17(18)20)27(25,26)23-7-3-4-8-23/h5-6,10,14-15H,3-4,7-9,11-13H2,1-2H3,(H,21,24). The van der Waals surface area contributed by atoms with E-state index in [-0.39, 0.29) is 17.3 Å². The SMILES string of the molecule is CC1CC(C)CN(CC(=O)Nc2cc(S(=O)(=O)N3CCCC3)ccc2Cl)C1. The number of anilines is 1. The summed E-state index contributed by atoms with van der Waals surface area (Å²) in [6.07, 6.45) is 2.94. The third-order valence-corrected chi connectivity index (χ3v) is 7.45. The lowest BCUT2D eigenvalue weighted by Gasteiger charge is -2.34. The van der Waals surface area contributed by atoms with Crippen molar-refractivity contribution in [2.24, 2.45) is 11.8 Å². The van der Waals surface area contributed by atoms with Gasteiger partial charge in [-0.15, -0.1) is 0 Å². The highest BCUT2D eigenvalue weighted by Gasteiger charge is 2.28. The Hall–Kier alpha value is -1.15. The minimum atomic E-state index is -3.54. The number of rotatable bonds is 5. The van der Waals surface area contributed by atoms with Gasteiger partial charge in [0.25, 0.3) is 0 Å². The number of benzene rings is 1. The van der Waals surface area contributed by atoms with E-state index in [1.807, 2.05) is 0 Å². The van der Waals surface area contributed by atoms with Crippen LogP contribution in [0.4, 0.5) is 5.69 Å². The van der Waals surface area contributed by atoms with Crippen LogP contribution in [-0.2, 0) is 14.8 Å². The second kappa shape index (κ2) is 8.47. The summed E-state index contributed by atoms with van der Waals surface area (Å²) in [7, 11) is -3.54. The van der Waals surface area contributed by atoms with Crippen molar-refractivity contribution in [2.45, 2.75) is 38.0 Å². The molecule has 2 fully saturated rings. The summed E-state index contributed by atoms with van der Waals surface area (Å²) in [5, 5.41) is 3.13. The molecule has 1 aromatic carbocycles. The maximum absolute atomic E-state index is 12.7. The second-order valence-electron chi connectivity index (χ2n) is 7.94. The summed E-state index contributed by atoms with van der Waals surface area (Å²) in [6.45, 7) is 7.56. The van der Waals surface area contributed by atoms with Crippen molar-refractivity contribution in [3.05, 3.63) is 23.2 Å². The van der Waals surface area contributed by atoms with Crippen LogP contribution in [0.3, 0.4) is 0 Å². The van der Waals surface area contributed by atoms with Gasteiger partial charge >= 0.3 is 0 Å². The van der Waals surface area contributed by atoms with Crippen molar-refractivity contribution >= 4 is 33.2 Å². The molecule has 0 radical (unpaired) electrons. The van der Waals surface area contributed by atoms with Crippen LogP contribution in [0.1, 0.15) is 33.1 Å². The van der Waals surface area contributed by atoms with Crippen LogP contribution >= 0.6 is 11.6 Å². The van der Waals surface area contributed by atoms with Crippen molar-refractivity contribution in [3.63, 3.8) is 0 Å². The fourth-order valence-corrected chi connectivity index (χ4v) is 5.86. The number of halogens is 1. The van der Waals surface area contributed by atoms with Crippen LogP contribution in [0.25, 0.3) is 0 Å². The molecule has 2 unspecified atom stereocenters. The Labute approximate surface area is 166 Å². The summed E-state index contributed by atoms with van der Waals surface area (Å²) in [5.41, 5.74) is 0.347. The lowest BCUT2D eigenvalue weighted by molar-refractivity contribution is -0.117. The zero-order chi connectivity index (χ0) is 19.6. The fourth-order valence-electron chi connectivity index (χ4n) is 4.15. The molecule has 2 heterocycles. The zero-order valence-corrected chi connectivity index (χ0v) is 17.5. The fraction of sp³-hybridized carbons (Fsp3) is 0.632. The number of likely N-dealkylation sites (tertiary alicyclic amines) is 1. The van der Waals surface area contributed by atoms with Gasteiger partial charge < -0.3 is 5.32 Å². The molecule has 2 atom stereocenters. The van der Waals surface area contributed by atoms with Crippen LogP contribution in [0.2, 0.25) is 5.02 Å². The highest BCUT2D eigenvalue weighted by molar-refractivity contribution is 7.89. The third-order valence-electron chi connectivity index (χ3n) is 5.23. The van der Waals surface area contributed by atoms with E-state index >= 15 is 0 Å². The monoisotopic (exact) mass is 413 g/mol. The number of amides is 1. The summed E-state index contributed by atoms with van der Waals surface area (Å²) in [6, 6.07) is 4.50. The van der Waals surface area contributed by atoms with Crippen molar-refractivity contribution in [2.75, 3.05) is 38.0 Å². The number of hydrogen-bond donors (Lipinski definition) is 1. The van der Waals surface area contributed by atoms with E-state index in [1.165, 1.54) is 28.9 Å². The van der Waals surface area contributed by atoms with Crippen LogP contribution in [0.15, 0.2) is 23.1 Å². The van der Waals surface area contributed by atoms with Gasteiger partial charge in [0.05, 0.1) is 22.2 Å². The van der Waals surface area contributed by atoms with Gasteiger partial charge in [0, 0.05) is 26.2 Å². The molecule has 1 N–H and O–H groups in total. The number of carbonyl (C=O) groups is 1. The van der Waals surface area contributed by atoms with E-state index in [0.29, 0.717) is 35.6 Å². The first-order chi connectivity index (χ1) is 12.8. The first-order valence-electron chi connectivity index (χ1n) is 9.57. The second-order valence-corrected chi connectivity index (χ2v) is 10.3. The zero-order valence-electron chi connectivity index (χ0n) is 15.9. The lowest BCUT2D eigenvalue weighted by Crippen LogP contribution is -2.42. The Morgan fingerprint density at radius 3 is 2.44 bits per heavy atom. The van der Waals surface area contributed by atoms with Gasteiger partial charge in [-0.1, -0.05) is 25.4 Å². The smallest absolute Gasteiger partial charge is 0.243 e. The number of hydrogen-bond acceptors (Lipinski definition) is 4. The molecule has 150 valence electrons. The van der Waals surface area contributed by atoms with Gasteiger partial charge in [-0.3, -0.25) is 9.69 Å². The number of sulfonamides is 1. The first-order valence-corrected chi connectivity index (χ1v) is 11.4. The van der Waals surface area contributed by atoms with Crippen molar-refractivity contribution in [3.8, 4) is 0 Å². The van der Waals surface area contributed by atoms with Crippen molar-refractivity contribution in [1.82, 2.24) is 9.21 Å². The van der Waals surface area contributed by atoms with Crippen LogP contribution in [0.5, 0.6) is 0 Å². The van der Waals surface area contributed by atoms with E-state index in [4.69, 9.17) is 11.6 Å². The maximum Gasteiger partial charge on any atom is 0.243 e. The molecule has 1 aromatic rings. The quantitative estimate of drug-likeness (QED) is 0.805. The molecule has 2 aliphatic rings. The van der Waals surface area contributed by atoms with Gasteiger partial charge in [0.1, 0.15) is 0 Å². The van der Waals surface area contributed by atoms with Gasteiger partial charge in [-0.05, 0) is 49.3 Å². The number of piperidine rings is 1. The molecule has 8 heteroatoms. The average Bonchev–Trinajstić information content (AvgIpc) is 3.11. The van der Waals surface area contributed by atoms with Crippen molar-refractivity contribution < 1.29 is 13.2 Å². The molecule has 1 amide bonds. The van der Waals surface area contributed by atoms with Gasteiger partial charge in [0.15, 0.2) is 0 Å². The molecule has 0 spiro atoms. The highest BCUT2D eigenvalue weighted by Crippen LogP contribution is 2.28. The molecule has 2 saturated heterocycles. The Balaban J connectivity index is 1.70. The van der Waals surface area contributed by atoms with Crippen molar-refractivity contribution in [1.29, 1.82) is 0 Å². The Morgan fingerprint density at radius 1 is 1.19 bits per heavy atom. The number of nitrogens with one attached hydrogen (secondary N) is 1. The van der Waals surface area contributed by atoms with Crippen LogP contribution < -0.4 is 5.32 Å². The minimum absolute atomic E-state index is 0.171. The van der Waals surface area contributed by atoms with E-state index < -0.39 is 10.0 Å². The van der Waals surface area contributed by atoms with E-state index in [1.54, 1.807) is 0 Å². The Morgan fingerprint density at radius 2 is 1.81 bits per heavy atom. The molecular weight excluding hydrogens is 386 g/mol. The topological polar surface area (TPSA) is 69.7 Å². The van der Waals surface area contributed by atoms with Gasteiger partial charge in [-0.2, -0.15) is 4.31 Å². The van der Waals surface area contributed by atoms with Gasteiger partial charge in [-0.25, -0.2) is 8.42 Å². The van der Waals surface area contributed by atoms with Crippen LogP contribution in [-0.4, -0.2) is 56.3 Å². The molecule has 0 saturated carbocycles. The molecule has 0 bridgehead atoms.